The van der Waals surface area contributed by atoms with E-state index in [1.807, 2.05) is 41.9 Å². The molecule has 38 heavy (non-hydrogen) atoms. The Bertz CT molecular complexity index is 1560. The first-order chi connectivity index (χ1) is 18.5. The van der Waals surface area contributed by atoms with Crippen LogP contribution >= 0.6 is 0 Å². The predicted molar refractivity (Wildman–Crippen MR) is 151 cm³/mol. The molecule has 194 valence electrons. The zero-order valence-electron chi connectivity index (χ0n) is 22.3. The molecule has 0 aliphatic carbocycles. The average Bonchev–Trinajstić information content (AvgIpc) is 3.37. The lowest BCUT2D eigenvalue weighted by molar-refractivity contribution is 0.172. The van der Waals surface area contributed by atoms with Crippen LogP contribution in [0.4, 0.5) is 0 Å². The molecule has 5 aromatic rings. The quantitative estimate of drug-likeness (QED) is 0.275. The van der Waals surface area contributed by atoms with Crippen molar-refractivity contribution in [1.29, 1.82) is 0 Å². The molecular weight excluding hydrogens is 472 g/mol. The molecule has 0 bridgehead atoms. The highest BCUT2D eigenvalue weighted by Crippen LogP contribution is 2.26. The van der Waals surface area contributed by atoms with Gasteiger partial charge in [0.1, 0.15) is 0 Å². The number of H-pyrrole nitrogens is 1. The summed E-state index contributed by atoms with van der Waals surface area (Å²) in [5, 5.41) is 13.9. The smallest absolute Gasteiger partial charge is 0.252 e. The number of pyridine rings is 1. The van der Waals surface area contributed by atoms with E-state index in [9.17, 15) is 4.79 Å². The summed E-state index contributed by atoms with van der Waals surface area (Å²) in [7, 11) is 0. The number of nitrogens with zero attached hydrogens (tertiary/aromatic N) is 5. The normalized spacial score (nSPS) is 12.3. The van der Waals surface area contributed by atoms with Gasteiger partial charge < -0.3 is 4.98 Å². The van der Waals surface area contributed by atoms with Crippen molar-refractivity contribution < 1.29 is 0 Å². The molecule has 0 spiro atoms. The molecule has 0 radical (unpaired) electrons. The predicted octanol–water partition coefficient (Wildman–Crippen LogP) is 5.38. The number of aromatic nitrogens is 5. The number of hydrogen-bond donors (Lipinski definition) is 1. The van der Waals surface area contributed by atoms with Gasteiger partial charge >= 0.3 is 0 Å². The summed E-state index contributed by atoms with van der Waals surface area (Å²) in [6, 6.07) is 26.9. The van der Waals surface area contributed by atoms with Crippen molar-refractivity contribution in [2.75, 3.05) is 6.54 Å². The molecule has 2 aromatic heterocycles. The van der Waals surface area contributed by atoms with Crippen LogP contribution in [0.2, 0.25) is 0 Å². The topological polar surface area (TPSA) is 79.7 Å². The SMILES string of the molecule is CC[C@H](c1nnnn1Cc1ccccc1)N(CCc1ccccc1)Cc1cc2cc(C)cc(C)c2[nH]c1=O. The minimum absolute atomic E-state index is 0.0482. The number of aromatic amines is 1. The van der Waals surface area contributed by atoms with Gasteiger partial charge in [-0.1, -0.05) is 79.2 Å². The fourth-order valence-electron chi connectivity index (χ4n) is 5.25. The van der Waals surface area contributed by atoms with E-state index in [-0.39, 0.29) is 11.6 Å². The van der Waals surface area contributed by atoms with E-state index in [1.165, 1.54) is 11.1 Å². The molecule has 1 atom stereocenters. The third kappa shape index (κ3) is 5.73. The molecule has 5 rings (SSSR count). The lowest BCUT2D eigenvalue weighted by atomic mass is 10.0. The Morgan fingerprint density at radius 2 is 1.66 bits per heavy atom. The molecule has 7 heteroatoms. The number of tetrazole rings is 1. The Balaban J connectivity index is 1.50. The van der Waals surface area contributed by atoms with Gasteiger partial charge in [0.05, 0.1) is 18.1 Å². The molecule has 3 aromatic carbocycles. The number of rotatable bonds is 10. The Kier molecular flexibility index (Phi) is 7.75. The van der Waals surface area contributed by atoms with Crippen molar-refractivity contribution in [1.82, 2.24) is 30.1 Å². The van der Waals surface area contributed by atoms with Crippen LogP contribution in [0.25, 0.3) is 10.9 Å². The minimum Gasteiger partial charge on any atom is -0.321 e. The van der Waals surface area contributed by atoms with Crippen LogP contribution in [0.5, 0.6) is 0 Å². The van der Waals surface area contributed by atoms with Gasteiger partial charge in [-0.15, -0.1) is 5.10 Å². The van der Waals surface area contributed by atoms with Crippen LogP contribution in [0.15, 0.2) is 83.7 Å². The van der Waals surface area contributed by atoms with E-state index in [4.69, 9.17) is 0 Å². The van der Waals surface area contributed by atoms with Crippen LogP contribution in [0.1, 0.15) is 53.0 Å². The largest absolute Gasteiger partial charge is 0.321 e. The Morgan fingerprint density at radius 3 is 2.37 bits per heavy atom. The highest BCUT2D eigenvalue weighted by molar-refractivity contribution is 5.82. The number of hydrogen-bond acceptors (Lipinski definition) is 5. The van der Waals surface area contributed by atoms with E-state index >= 15 is 0 Å². The van der Waals surface area contributed by atoms with Crippen LogP contribution in [0, 0.1) is 13.8 Å². The van der Waals surface area contributed by atoms with Crippen LogP contribution < -0.4 is 5.56 Å². The fraction of sp³-hybridized carbons (Fsp3) is 0.290. The molecule has 0 fully saturated rings. The van der Waals surface area contributed by atoms with Gasteiger partial charge in [0.2, 0.25) is 0 Å². The van der Waals surface area contributed by atoms with Gasteiger partial charge in [0.25, 0.3) is 5.56 Å². The highest BCUT2D eigenvalue weighted by Gasteiger charge is 2.26. The fourth-order valence-corrected chi connectivity index (χ4v) is 5.25. The summed E-state index contributed by atoms with van der Waals surface area (Å²) >= 11 is 0. The van der Waals surface area contributed by atoms with Crippen molar-refractivity contribution in [3.05, 3.63) is 123 Å². The van der Waals surface area contributed by atoms with Gasteiger partial charge in [-0.2, -0.15) is 0 Å². The van der Waals surface area contributed by atoms with E-state index in [0.717, 1.165) is 52.8 Å². The highest BCUT2D eigenvalue weighted by atomic mass is 16.1. The summed E-state index contributed by atoms with van der Waals surface area (Å²) in [5.74, 6) is 0.813. The maximum atomic E-state index is 13.3. The van der Waals surface area contributed by atoms with E-state index < -0.39 is 0 Å². The first-order valence-electron chi connectivity index (χ1n) is 13.2. The second-order valence-electron chi connectivity index (χ2n) is 9.98. The van der Waals surface area contributed by atoms with Gasteiger partial charge in [0, 0.05) is 18.7 Å². The van der Waals surface area contributed by atoms with Crippen molar-refractivity contribution in [2.45, 2.75) is 52.7 Å². The number of benzene rings is 3. The van der Waals surface area contributed by atoms with Crippen LogP contribution in [-0.2, 0) is 19.5 Å². The van der Waals surface area contributed by atoms with Gasteiger partial charge in [0.15, 0.2) is 5.82 Å². The Labute approximate surface area is 223 Å². The van der Waals surface area contributed by atoms with Crippen molar-refractivity contribution in [2.24, 2.45) is 0 Å². The van der Waals surface area contributed by atoms with Crippen LogP contribution in [0.3, 0.4) is 0 Å². The molecule has 0 aliphatic heterocycles. The second-order valence-corrected chi connectivity index (χ2v) is 9.98. The maximum absolute atomic E-state index is 13.3. The summed E-state index contributed by atoms with van der Waals surface area (Å²) in [6.07, 6.45) is 1.68. The molecular formula is C31H34N6O. The summed E-state index contributed by atoms with van der Waals surface area (Å²) in [6.45, 7) is 8.15. The average molecular weight is 507 g/mol. The van der Waals surface area contributed by atoms with Gasteiger partial charge in [-0.25, -0.2) is 4.68 Å². The monoisotopic (exact) mass is 506 g/mol. The molecule has 1 N–H and O–H groups in total. The molecule has 0 saturated heterocycles. The van der Waals surface area contributed by atoms with E-state index in [2.05, 4.69) is 87.8 Å². The molecule has 2 heterocycles. The number of nitrogens with one attached hydrogen (secondary N) is 1. The Hall–Kier alpha value is -4.10. The number of fused-ring (bicyclic) bond motifs is 1. The van der Waals surface area contributed by atoms with Gasteiger partial charge in [-0.05, 0) is 71.3 Å². The van der Waals surface area contributed by atoms with Crippen molar-refractivity contribution >= 4 is 10.9 Å². The first-order valence-corrected chi connectivity index (χ1v) is 13.2. The maximum Gasteiger partial charge on any atom is 0.252 e. The first kappa shape index (κ1) is 25.5. The molecule has 0 unspecified atom stereocenters. The summed E-state index contributed by atoms with van der Waals surface area (Å²) in [4.78, 5) is 18.7. The van der Waals surface area contributed by atoms with Gasteiger partial charge in [-0.3, -0.25) is 9.69 Å². The lowest BCUT2D eigenvalue weighted by Gasteiger charge is -2.30. The summed E-state index contributed by atoms with van der Waals surface area (Å²) < 4.78 is 1.89. The minimum atomic E-state index is -0.0493. The second kappa shape index (κ2) is 11.5. The molecule has 7 nitrogen and oxygen atoms in total. The molecule has 0 amide bonds. The molecule has 0 aliphatic rings. The summed E-state index contributed by atoms with van der Waals surface area (Å²) in [5.41, 5.74) is 6.26. The van der Waals surface area contributed by atoms with E-state index in [1.54, 1.807) is 0 Å². The zero-order chi connectivity index (χ0) is 26.5. The standard InChI is InChI=1S/C31H34N6O/c1-4-28(30-33-34-35-37(30)20-25-13-9-6-10-14-25)36(16-15-24-11-7-5-8-12-24)21-27-19-26-18-22(2)17-23(3)29(26)32-31(27)38/h5-14,17-19,28H,4,15-16,20-21H2,1-3H3,(H,32,38)/t28-/m1/s1. The van der Waals surface area contributed by atoms with Crippen molar-refractivity contribution in [3.8, 4) is 0 Å². The van der Waals surface area contributed by atoms with Crippen LogP contribution in [-0.4, -0.2) is 36.6 Å². The zero-order valence-corrected chi connectivity index (χ0v) is 22.3. The third-order valence-electron chi connectivity index (χ3n) is 7.13. The lowest BCUT2D eigenvalue weighted by Crippen LogP contribution is -2.34. The van der Waals surface area contributed by atoms with E-state index in [0.29, 0.717) is 13.1 Å². The molecule has 0 saturated carbocycles. The third-order valence-corrected chi connectivity index (χ3v) is 7.13. The number of aryl methyl sites for hydroxylation is 2. The van der Waals surface area contributed by atoms with Crippen molar-refractivity contribution in [3.63, 3.8) is 0 Å². The Morgan fingerprint density at radius 1 is 0.947 bits per heavy atom.